The van der Waals surface area contributed by atoms with Crippen LogP contribution in [0, 0.1) is 5.92 Å². The van der Waals surface area contributed by atoms with E-state index < -0.39 is 0 Å². The molecule has 0 spiro atoms. The number of piperidine rings is 2. The zero-order valence-electron chi connectivity index (χ0n) is 12.4. The first-order chi connectivity index (χ1) is 10.3. The van der Waals surface area contributed by atoms with Crippen LogP contribution in [0.4, 0.5) is 0 Å². The molecule has 4 rings (SSSR count). The molecular formula is C15H23N5O. The third-order valence-corrected chi connectivity index (χ3v) is 5.30. The summed E-state index contributed by atoms with van der Waals surface area (Å²) in [5.74, 6) is 1.49. The SMILES string of the molecule is O=C1C[C@@H]2CC[C@@H](Cn3cc(C4CCNCC4)nn3)N1C2. The molecule has 6 heteroatoms. The molecule has 21 heavy (non-hydrogen) atoms. The summed E-state index contributed by atoms with van der Waals surface area (Å²) in [7, 11) is 0. The Bertz CT molecular complexity index is 522. The van der Waals surface area contributed by atoms with E-state index in [2.05, 4.69) is 26.7 Å². The Labute approximate surface area is 124 Å². The number of fused-ring (bicyclic) bond motifs is 2. The molecule has 1 aromatic heterocycles. The van der Waals surface area contributed by atoms with Crippen molar-refractivity contribution in [3.63, 3.8) is 0 Å². The van der Waals surface area contributed by atoms with Gasteiger partial charge >= 0.3 is 0 Å². The lowest BCUT2D eigenvalue weighted by molar-refractivity contribution is -0.129. The highest BCUT2D eigenvalue weighted by molar-refractivity contribution is 5.79. The molecule has 1 N–H and O–H groups in total. The third-order valence-electron chi connectivity index (χ3n) is 5.30. The van der Waals surface area contributed by atoms with Crippen LogP contribution >= 0.6 is 0 Å². The molecule has 2 atom stereocenters. The van der Waals surface area contributed by atoms with Crippen molar-refractivity contribution in [3.8, 4) is 0 Å². The molecule has 0 saturated carbocycles. The number of rotatable bonds is 3. The van der Waals surface area contributed by atoms with Gasteiger partial charge in [-0.15, -0.1) is 5.10 Å². The fourth-order valence-corrected chi connectivity index (χ4v) is 4.05. The highest BCUT2D eigenvalue weighted by Crippen LogP contribution is 2.32. The number of carbonyl (C=O) groups excluding carboxylic acids is 1. The molecule has 114 valence electrons. The van der Waals surface area contributed by atoms with Crippen LogP contribution in [-0.2, 0) is 11.3 Å². The molecule has 3 saturated heterocycles. The summed E-state index contributed by atoms with van der Waals surface area (Å²) in [5.41, 5.74) is 1.12. The minimum atomic E-state index is 0.318. The molecule has 0 unspecified atom stereocenters. The van der Waals surface area contributed by atoms with Crippen LogP contribution in [0.5, 0.6) is 0 Å². The van der Waals surface area contributed by atoms with E-state index in [0.29, 0.717) is 23.8 Å². The maximum atomic E-state index is 12.0. The molecule has 3 aliphatic heterocycles. The van der Waals surface area contributed by atoms with E-state index in [-0.39, 0.29) is 0 Å². The molecule has 1 aromatic rings. The largest absolute Gasteiger partial charge is 0.338 e. The molecule has 3 aliphatic rings. The minimum Gasteiger partial charge on any atom is -0.338 e. The summed E-state index contributed by atoms with van der Waals surface area (Å²) in [6, 6.07) is 0.318. The summed E-state index contributed by atoms with van der Waals surface area (Å²) >= 11 is 0. The van der Waals surface area contributed by atoms with Gasteiger partial charge in [-0.3, -0.25) is 9.48 Å². The van der Waals surface area contributed by atoms with Gasteiger partial charge in [0.25, 0.3) is 0 Å². The first kappa shape index (κ1) is 13.2. The van der Waals surface area contributed by atoms with Gasteiger partial charge in [0, 0.05) is 25.1 Å². The second kappa shape index (κ2) is 5.40. The number of aromatic nitrogens is 3. The zero-order chi connectivity index (χ0) is 14.2. The Morgan fingerprint density at radius 1 is 1.24 bits per heavy atom. The average Bonchev–Trinajstić information content (AvgIpc) is 3.09. The molecule has 0 radical (unpaired) electrons. The molecular weight excluding hydrogens is 266 g/mol. The van der Waals surface area contributed by atoms with Crippen molar-refractivity contribution in [2.24, 2.45) is 5.92 Å². The fraction of sp³-hybridized carbons (Fsp3) is 0.800. The first-order valence-electron chi connectivity index (χ1n) is 8.20. The quantitative estimate of drug-likeness (QED) is 0.892. The van der Waals surface area contributed by atoms with Crippen molar-refractivity contribution in [2.75, 3.05) is 19.6 Å². The van der Waals surface area contributed by atoms with E-state index in [4.69, 9.17) is 0 Å². The molecule has 3 fully saturated rings. The van der Waals surface area contributed by atoms with Crippen LogP contribution in [0.1, 0.15) is 43.7 Å². The van der Waals surface area contributed by atoms with Crippen molar-refractivity contribution >= 4 is 5.91 Å². The van der Waals surface area contributed by atoms with Gasteiger partial charge in [0.15, 0.2) is 0 Å². The monoisotopic (exact) mass is 289 g/mol. The smallest absolute Gasteiger partial charge is 0.223 e. The lowest BCUT2D eigenvalue weighted by Crippen LogP contribution is -2.42. The van der Waals surface area contributed by atoms with E-state index in [1.165, 1.54) is 6.42 Å². The van der Waals surface area contributed by atoms with Crippen molar-refractivity contribution < 1.29 is 4.79 Å². The lowest BCUT2D eigenvalue weighted by Gasteiger charge is -2.32. The summed E-state index contributed by atoms with van der Waals surface area (Å²) < 4.78 is 1.95. The Balaban J connectivity index is 1.43. The Morgan fingerprint density at radius 3 is 2.95 bits per heavy atom. The van der Waals surface area contributed by atoms with Crippen molar-refractivity contribution in [2.45, 2.75) is 50.6 Å². The highest BCUT2D eigenvalue weighted by atomic mass is 16.2. The lowest BCUT2D eigenvalue weighted by atomic mass is 9.95. The van der Waals surface area contributed by atoms with E-state index in [0.717, 1.165) is 57.6 Å². The minimum absolute atomic E-state index is 0.318. The Kier molecular flexibility index (Phi) is 3.41. The van der Waals surface area contributed by atoms with Crippen LogP contribution in [0.2, 0.25) is 0 Å². The van der Waals surface area contributed by atoms with Gasteiger partial charge in [-0.2, -0.15) is 0 Å². The van der Waals surface area contributed by atoms with E-state index in [1.54, 1.807) is 0 Å². The maximum absolute atomic E-state index is 12.0. The number of carbonyl (C=O) groups is 1. The van der Waals surface area contributed by atoms with Gasteiger partial charge in [0.1, 0.15) is 0 Å². The number of nitrogens with zero attached hydrogens (tertiary/aromatic N) is 4. The average molecular weight is 289 g/mol. The summed E-state index contributed by atoms with van der Waals surface area (Å²) in [6.45, 7) is 3.91. The Morgan fingerprint density at radius 2 is 2.10 bits per heavy atom. The fourth-order valence-electron chi connectivity index (χ4n) is 4.05. The van der Waals surface area contributed by atoms with Crippen LogP contribution in [0.15, 0.2) is 6.20 Å². The topological polar surface area (TPSA) is 63.1 Å². The number of hydrogen-bond donors (Lipinski definition) is 1. The van der Waals surface area contributed by atoms with Crippen molar-refractivity contribution in [3.05, 3.63) is 11.9 Å². The molecule has 1 amide bonds. The van der Waals surface area contributed by atoms with Crippen LogP contribution in [0.3, 0.4) is 0 Å². The second-order valence-electron chi connectivity index (χ2n) is 6.74. The van der Waals surface area contributed by atoms with Crippen LogP contribution in [-0.4, -0.2) is 51.5 Å². The maximum Gasteiger partial charge on any atom is 0.223 e. The van der Waals surface area contributed by atoms with Crippen molar-refractivity contribution in [1.82, 2.24) is 25.2 Å². The zero-order valence-corrected chi connectivity index (χ0v) is 12.4. The summed E-state index contributed by atoms with van der Waals surface area (Å²) in [4.78, 5) is 14.1. The predicted octanol–water partition coefficient (Wildman–Crippen LogP) is 0.756. The van der Waals surface area contributed by atoms with Gasteiger partial charge in [0.2, 0.25) is 5.91 Å². The number of nitrogens with one attached hydrogen (secondary N) is 1. The van der Waals surface area contributed by atoms with E-state index >= 15 is 0 Å². The standard InChI is InChI=1S/C15H23N5O/c21-15-7-11-1-2-13(20(15)8-11)9-19-10-14(17-18-19)12-3-5-16-6-4-12/h10-13,16H,1-9H2/t11-,13-/m0/s1. The molecule has 0 aliphatic carbocycles. The van der Waals surface area contributed by atoms with Crippen LogP contribution < -0.4 is 5.32 Å². The number of amides is 1. The summed E-state index contributed by atoms with van der Waals surface area (Å²) in [6.07, 6.45) is 7.45. The first-order valence-corrected chi connectivity index (χ1v) is 8.20. The van der Waals surface area contributed by atoms with Gasteiger partial charge < -0.3 is 10.2 Å². The summed E-state index contributed by atoms with van der Waals surface area (Å²) in [5, 5.41) is 12.0. The molecule has 0 aromatic carbocycles. The normalized spacial score (nSPS) is 30.1. The van der Waals surface area contributed by atoms with Gasteiger partial charge in [-0.25, -0.2) is 0 Å². The van der Waals surface area contributed by atoms with Gasteiger partial charge in [0.05, 0.1) is 18.3 Å². The molecule has 4 heterocycles. The van der Waals surface area contributed by atoms with Gasteiger partial charge in [-0.1, -0.05) is 5.21 Å². The molecule has 6 nitrogen and oxygen atoms in total. The van der Waals surface area contributed by atoms with E-state index in [9.17, 15) is 4.79 Å². The third kappa shape index (κ3) is 2.57. The Hall–Kier alpha value is -1.43. The second-order valence-corrected chi connectivity index (χ2v) is 6.74. The highest BCUT2D eigenvalue weighted by Gasteiger charge is 2.38. The van der Waals surface area contributed by atoms with Gasteiger partial charge in [-0.05, 0) is 44.7 Å². The van der Waals surface area contributed by atoms with Crippen LogP contribution in [0.25, 0.3) is 0 Å². The molecule has 2 bridgehead atoms. The van der Waals surface area contributed by atoms with Crippen molar-refractivity contribution in [1.29, 1.82) is 0 Å². The van der Waals surface area contributed by atoms with E-state index in [1.807, 2.05) is 4.68 Å². The predicted molar refractivity (Wildman–Crippen MR) is 77.7 cm³/mol. The number of hydrogen-bond acceptors (Lipinski definition) is 4.